The van der Waals surface area contributed by atoms with E-state index in [-0.39, 0.29) is 17.1 Å². The predicted molar refractivity (Wildman–Crippen MR) is 121 cm³/mol. The van der Waals surface area contributed by atoms with E-state index in [0.717, 1.165) is 24.1 Å². The van der Waals surface area contributed by atoms with E-state index < -0.39 is 5.82 Å². The van der Waals surface area contributed by atoms with Gasteiger partial charge in [-0.15, -0.1) is 0 Å². The van der Waals surface area contributed by atoms with Crippen LogP contribution >= 0.6 is 0 Å². The molecule has 1 fully saturated rings. The van der Waals surface area contributed by atoms with Crippen LogP contribution in [0.15, 0.2) is 36.7 Å². The van der Waals surface area contributed by atoms with Crippen molar-refractivity contribution in [3.05, 3.63) is 53.7 Å². The zero-order valence-electron chi connectivity index (χ0n) is 18.5. The average molecular weight is 452 g/mol. The number of carbonyl (C=O) groups is 1. The summed E-state index contributed by atoms with van der Waals surface area (Å²) >= 11 is 0. The Labute approximate surface area is 190 Å². The third kappa shape index (κ3) is 3.68. The number of aromatic amines is 1. The molecule has 5 rings (SSSR count). The Hall–Kier alpha value is -3.59. The van der Waals surface area contributed by atoms with Crippen LogP contribution in [0.1, 0.15) is 28.9 Å². The van der Waals surface area contributed by atoms with Crippen LogP contribution in [0.25, 0.3) is 11.3 Å². The Kier molecular flexibility index (Phi) is 5.41. The number of hydrogen-bond donors (Lipinski definition) is 3. The molecular weight excluding hydrogens is 427 g/mol. The first-order valence-corrected chi connectivity index (χ1v) is 10.8. The lowest BCUT2D eigenvalue weighted by Crippen LogP contribution is -2.39. The molecule has 1 aliphatic heterocycles. The number of rotatable bonds is 8. The highest BCUT2D eigenvalue weighted by Gasteiger charge is 2.51. The van der Waals surface area contributed by atoms with Crippen molar-refractivity contribution in [1.29, 1.82) is 0 Å². The van der Waals surface area contributed by atoms with Crippen LogP contribution in [0.4, 0.5) is 15.8 Å². The number of pyridine rings is 1. The molecule has 0 radical (unpaired) electrons. The molecule has 0 bridgehead atoms. The number of amides is 1. The van der Waals surface area contributed by atoms with Gasteiger partial charge in [0.05, 0.1) is 42.5 Å². The number of fused-ring (bicyclic) bond motifs is 2. The van der Waals surface area contributed by atoms with Crippen molar-refractivity contribution < 1.29 is 23.4 Å². The molecule has 0 saturated heterocycles. The van der Waals surface area contributed by atoms with E-state index in [9.17, 15) is 9.18 Å². The fraction of sp³-hybridized carbons (Fsp3) is 0.333. The van der Waals surface area contributed by atoms with E-state index in [1.807, 2.05) is 6.07 Å². The van der Waals surface area contributed by atoms with Gasteiger partial charge in [-0.05, 0) is 31.0 Å². The fourth-order valence-electron chi connectivity index (χ4n) is 4.34. The van der Waals surface area contributed by atoms with Gasteiger partial charge in [-0.3, -0.25) is 9.78 Å². The van der Waals surface area contributed by atoms with Gasteiger partial charge in [0.1, 0.15) is 12.4 Å². The molecule has 3 heterocycles. The summed E-state index contributed by atoms with van der Waals surface area (Å²) in [5, 5.41) is 6.29. The molecule has 3 N–H and O–H groups in total. The molecule has 2 aromatic heterocycles. The van der Waals surface area contributed by atoms with Crippen molar-refractivity contribution in [3.63, 3.8) is 0 Å². The minimum Gasteiger partial charge on any atom is -0.492 e. The summed E-state index contributed by atoms with van der Waals surface area (Å²) in [7, 11) is 3.02. The van der Waals surface area contributed by atoms with E-state index in [0.29, 0.717) is 48.1 Å². The summed E-state index contributed by atoms with van der Waals surface area (Å²) < 4.78 is 30.7. The minimum absolute atomic E-state index is 0.0713. The average Bonchev–Trinajstić information content (AvgIpc) is 3.50. The number of carbonyl (C=O) groups excluding carboxylic acids is 1. The second-order valence-electron chi connectivity index (χ2n) is 8.25. The van der Waals surface area contributed by atoms with Gasteiger partial charge in [0.2, 0.25) is 0 Å². The highest BCUT2D eigenvalue weighted by Crippen LogP contribution is 2.54. The summed E-state index contributed by atoms with van der Waals surface area (Å²) in [6.45, 7) is 1.36. The number of ether oxygens (including phenoxy) is 3. The number of hydrogen-bond acceptors (Lipinski definition) is 6. The van der Waals surface area contributed by atoms with Crippen LogP contribution in [0.2, 0.25) is 0 Å². The number of halogens is 1. The van der Waals surface area contributed by atoms with E-state index in [2.05, 4.69) is 20.6 Å². The number of aromatic nitrogens is 2. The van der Waals surface area contributed by atoms with Crippen LogP contribution in [-0.2, 0) is 10.2 Å². The molecule has 0 atom stereocenters. The largest absolute Gasteiger partial charge is 0.492 e. The summed E-state index contributed by atoms with van der Waals surface area (Å²) in [6.07, 6.45) is 5.26. The fourth-order valence-corrected chi connectivity index (χ4v) is 4.34. The monoisotopic (exact) mass is 452 g/mol. The van der Waals surface area contributed by atoms with E-state index in [4.69, 9.17) is 14.2 Å². The smallest absolute Gasteiger partial charge is 0.255 e. The van der Waals surface area contributed by atoms with Gasteiger partial charge < -0.3 is 29.8 Å². The predicted octanol–water partition coefficient (Wildman–Crippen LogP) is 3.77. The van der Waals surface area contributed by atoms with Crippen molar-refractivity contribution in [3.8, 4) is 22.8 Å². The van der Waals surface area contributed by atoms with Gasteiger partial charge in [-0.1, -0.05) is 6.07 Å². The molecule has 2 aliphatic rings. The second-order valence-corrected chi connectivity index (χ2v) is 8.25. The number of benzene rings is 1. The summed E-state index contributed by atoms with van der Waals surface area (Å²) in [6, 6.07) is 6.45. The zero-order chi connectivity index (χ0) is 23.0. The van der Waals surface area contributed by atoms with E-state index >= 15 is 0 Å². The molecule has 9 heteroatoms. The third-order valence-corrected chi connectivity index (χ3v) is 6.23. The van der Waals surface area contributed by atoms with Gasteiger partial charge >= 0.3 is 0 Å². The number of methoxy groups -OCH3 is 2. The van der Waals surface area contributed by atoms with Gasteiger partial charge in [-0.2, -0.15) is 0 Å². The number of para-hydroxylation sites is 1. The van der Waals surface area contributed by atoms with Crippen LogP contribution in [0, 0.1) is 5.82 Å². The van der Waals surface area contributed by atoms with Crippen molar-refractivity contribution in [2.45, 2.75) is 18.3 Å². The third-order valence-electron chi connectivity index (χ3n) is 6.23. The SMILES string of the molecule is COCCOc1cnccc1-c1[nH]c2c(c1Nc1cccc(F)c1OC)C(=O)NCC21CC1. The van der Waals surface area contributed by atoms with Gasteiger partial charge in [0.25, 0.3) is 5.91 Å². The maximum Gasteiger partial charge on any atom is 0.255 e. The Morgan fingerprint density at radius 2 is 2.06 bits per heavy atom. The van der Waals surface area contributed by atoms with E-state index in [1.165, 1.54) is 13.2 Å². The highest BCUT2D eigenvalue weighted by molar-refractivity contribution is 6.07. The summed E-state index contributed by atoms with van der Waals surface area (Å²) in [5.74, 6) is -0.0578. The normalized spacial score (nSPS) is 15.7. The first-order chi connectivity index (χ1) is 16.1. The highest BCUT2D eigenvalue weighted by atomic mass is 19.1. The molecule has 1 saturated carbocycles. The summed E-state index contributed by atoms with van der Waals surface area (Å²) in [5.41, 5.74) is 3.67. The lowest BCUT2D eigenvalue weighted by molar-refractivity contribution is 0.0938. The van der Waals surface area contributed by atoms with Crippen LogP contribution in [-0.4, -0.2) is 49.9 Å². The quantitative estimate of drug-likeness (QED) is 0.450. The molecule has 33 heavy (non-hydrogen) atoms. The Morgan fingerprint density at radius 3 is 2.82 bits per heavy atom. The van der Waals surface area contributed by atoms with Gasteiger partial charge in [0.15, 0.2) is 11.6 Å². The molecule has 172 valence electrons. The molecule has 0 unspecified atom stereocenters. The Morgan fingerprint density at radius 1 is 1.21 bits per heavy atom. The Balaban J connectivity index is 1.67. The maximum absolute atomic E-state index is 14.4. The number of H-pyrrole nitrogens is 1. The standard InChI is InChI=1S/C24H25FN4O4/c1-31-10-11-33-17-12-26-9-6-14(17)19-20(28-16-5-3-4-15(25)21(16)32-2)18-22(29-19)24(7-8-24)13-27-23(18)30/h3-6,9,12,28-29H,7-8,10-11,13H2,1-2H3,(H,27,30). The molecule has 3 aromatic rings. The van der Waals surface area contributed by atoms with Gasteiger partial charge in [0, 0.05) is 36.5 Å². The second kappa shape index (κ2) is 8.40. The number of anilines is 2. The van der Waals surface area contributed by atoms with Crippen molar-refractivity contribution >= 4 is 17.3 Å². The molecule has 1 amide bonds. The van der Waals surface area contributed by atoms with Crippen molar-refractivity contribution in [2.24, 2.45) is 0 Å². The molecule has 1 spiro atoms. The molecule has 8 nitrogen and oxygen atoms in total. The van der Waals surface area contributed by atoms with Crippen LogP contribution in [0.5, 0.6) is 11.5 Å². The number of nitrogens with zero attached hydrogens (tertiary/aromatic N) is 1. The number of nitrogens with one attached hydrogen (secondary N) is 3. The van der Waals surface area contributed by atoms with Crippen molar-refractivity contribution in [2.75, 3.05) is 39.3 Å². The first-order valence-electron chi connectivity index (χ1n) is 10.8. The molecular formula is C24H25FN4O4. The topological polar surface area (TPSA) is 97.5 Å². The summed E-state index contributed by atoms with van der Waals surface area (Å²) in [4.78, 5) is 20.7. The lowest BCUT2D eigenvalue weighted by atomic mass is 9.93. The minimum atomic E-state index is -0.496. The maximum atomic E-state index is 14.4. The van der Waals surface area contributed by atoms with Gasteiger partial charge in [-0.25, -0.2) is 4.39 Å². The zero-order valence-corrected chi connectivity index (χ0v) is 18.5. The lowest BCUT2D eigenvalue weighted by Gasteiger charge is -2.23. The van der Waals surface area contributed by atoms with Crippen molar-refractivity contribution in [1.82, 2.24) is 15.3 Å². The molecule has 1 aliphatic carbocycles. The Bertz CT molecular complexity index is 1210. The first kappa shape index (κ1) is 21.3. The van der Waals surface area contributed by atoms with Crippen LogP contribution in [0.3, 0.4) is 0 Å². The molecule has 1 aromatic carbocycles. The van der Waals surface area contributed by atoms with E-state index in [1.54, 1.807) is 31.6 Å². The van der Waals surface area contributed by atoms with Crippen LogP contribution < -0.4 is 20.1 Å².